The first-order chi connectivity index (χ1) is 5.11. The smallest absolute Gasteiger partial charge is 0.248 e. The Morgan fingerprint density at radius 3 is 2.64 bits per heavy atom. The number of benzene rings is 1. The summed E-state index contributed by atoms with van der Waals surface area (Å²) in [5.74, 6) is -0.355. The molecule has 0 aliphatic carbocycles. The van der Waals surface area contributed by atoms with Crippen LogP contribution in [0.4, 0.5) is 0 Å². The van der Waals surface area contributed by atoms with Crippen molar-refractivity contribution in [1.29, 1.82) is 0 Å². The molecular weight excluding hydrogens is 137 g/mol. The lowest BCUT2D eigenvalue weighted by Crippen LogP contribution is -2.16. The monoisotopic (exact) mass is 147 g/mol. The molecule has 2 N–H and O–H groups in total. The minimum Gasteiger partial charge on any atom is -0.366 e. The second-order valence-corrected chi connectivity index (χ2v) is 2.68. The molecule has 0 heterocycles. The zero-order valence-corrected chi connectivity index (χ0v) is 6.72. The molecule has 1 aromatic carbocycles. The molecule has 3 heteroatoms. The van der Waals surface area contributed by atoms with Crippen LogP contribution in [-0.2, 0) is 0 Å². The van der Waals surface area contributed by atoms with Gasteiger partial charge in [-0.1, -0.05) is 23.7 Å². The summed E-state index contributed by atoms with van der Waals surface area (Å²) in [4.78, 5) is 10.8. The Balaban J connectivity index is 3.23. The largest absolute Gasteiger partial charge is 0.366 e. The number of hydrogen-bond acceptors (Lipinski definition) is 1. The van der Waals surface area contributed by atoms with Crippen LogP contribution in [0.3, 0.4) is 0 Å². The van der Waals surface area contributed by atoms with Crippen LogP contribution >= 0.6 is 0 Å². The molecule has 2 nitrogen and oxygen atoms in total. The highest BCUT2D eigenvalue weighted by molar-refractivity contribution is 6.32. The van der Waals surface area contributed by atoms with Gasteiger partial charge in [-0.3, -0.25) is 4.79 Å². The lowest BCUT2D eigenvalue weighted by Gasteiger charge is -2.01. The summed E-state index contributed by atoms with van der Waals surface area (Å²) >= 11 is 0. The fourth-order valence-electron chi connectivity index (χ4n) is 1.00. The third-order valence-corrected chi connectivity index (χ3v) is 1.66. The Hall–Kier alpha value is -1.25. The van der Waals surface area contributed by atoms with Gasteiger partial charge in [0.05, 0.1) is 0 Å². The summed E-state index contributed by atoms with van der Waals surface area (Å²) in [5, 5.41) is 0. The molecule has 0 unspecified atom stereocenters. The van der Waals surface area contributed by atoms with E-state index in [4.69, 9.17) is 5.73 Å². The topological polar surface area (TPSA) is 43.1 Å². The molecule has 0 aromatic heterocycles. The van der Waals surface area contributed by atoms with Gasteiger partial charge in [0, 0.05) is 5.56 Å². The molecule has 0 spiro atoms. The first-order valence-electron chi connectivity index (χ1n) is 3.48. The quantitative estimate of drug-likeness (QED) is 0.527. The zero-order chi connectivity index (χ0) is 8.43. The van der Waals surface area contributed by atoms with E-state index in [9.17, 15) is 4.79 Å². The van der Waals surface area contributed by atoms with Crippen molar-refractivity contribution in [2.75, 3.05) is 0 Å². The van der Waals surface area contributed by atoms with Crippen molar-refractivity contribution in [1.82, 2.24) is 0 Å². The summed E-state index contributed by atoms with van der Waals surface area (Å²) < 4.78 is 0. The van der Waals surface area contributed by atoms with Crippen LogP contribution in [0, 0.1) is 6.92 Å². The number of hydrogen-bond donors (Lipinski definition) is 1. The van der Waals surface area contributed by atoms with Crippen LogP contribution in [0.15, 0.2) is 18.2 Å². The maximum absolute atomic E-state index is 10.8. The summed E-state index contributed by atoms with van der Waals surface area (Å²) in [5.41, 5.74) is 7.75. The number of carbonyl (C=O) groups excluding carboxylic acids is 1. The molecular formula is C8H10BNO. The first kappa shape index (κ1) is 7.86. The number of rotatable bonds is 1. The Labute approximate surface area is 66.8 Å². The van der Waals surface area contributed by atoms with Crippen LogP contribution in [-0.4, -0.2) is 13.8 Å². The predicted octanol–water partition coefficient (Wildman–Crippen LogP) is -0.648. The SMILES string of the molecule is Bc1ccc(C)c(C(N)=O)c1. The minimum absolute atomic E-state index is 0.355. The lowest BCUT2D eigenvalue weighted by molar-refractivity contribution is 0.1000. The lowest BCUT2D eigenvalue weighted by atomic mass is 9.92. The normalized spacial score (nSPS) is 9.55. The summed E-state index contributed by atoms with van der Waals surface area (Å²) in [6.45, 7) is 1.87. The molecule has 1 rings (SSSR count). The highest BCUT2D eigenvalue weighted by Crippen LogP contribution is 2.02. The van der Waals surface area contributed by atoms with E-state index in [1.165, 1.54) is 0 Å². The molecule has 0 atom stereocenters. The molecule has 0 radical (unpaired) electrons. The van der Waals surface area contributed by atoms with E-state index in [2.05, 4.69) is 0 Å². The summed E-state index contributed by atoms with van der Waals surface area (Å²) in [6.07, 6.45) is 0. The molecule has 0 bridgehead atoms. The Morgan fingerprint density at radius 1 is 1.55 bits per heavy atom. The molecule has 56 valence electrons. The molecule has 0 saturated heterocycles. The van der Waals surface area contributed by atoms with Gasteiger partial charge in [-0.15, -0.1) is 0 Å². The molecule has 1 aromatic rings. The average Bonchev–Trinajstić information content (AvgIpc) is 1.94. The molecule has 11 heavy (non-hydrogen) atoms. The number of aryl methyl sites for hydroxylation is 1. The van der Waals surface area contributed by atoms with Gasteiger partial charge in [-0.05, 0) is 12.5 Å². The molecule has 0 saturated carbocycles. The van der Waals surface area contributed by atoms with Gasteiger partial charge in [0.15, 0.2) is 0 Å². The van der Waals surface area contributed by atoms with Gasteiger partial charge < -0.3 is 5.73 Å². The highest BCUT2D eigenvalue weighted by atomic mass is 16.1. The van der Waals surface area contributed by atoms with Crippen LogP contribution in [0.1, 0.15) is 15.9 Å². The van der Waals surface area contributed by atoms with Crippen molar-refractivity contribution in [3.8, 4) is 0 Å². The van der Waals surface area contributed by atoms with Crippen LogP contribution in [0.25, 0.3) is 0 Å². The molecule has 1 amide bonds. The Morgan fingerprint density at radius 2 is 2.18 bits per heavy atom. The van der Waals surface area contributed by atoms with E-state index in [0.717, 1.165) is 11.0 Å². The zero-order valence-electron chi connectivity index (χ0n) is 6.72. The number of amides is 1. The maximum Gasteiger partial charge on any atom is 0.248 e. The second-order valence-electron chi connectivity index (χ2n) is 2.68. The van der Waals surface area contributed by atoms with Gasteiger partial charge in [0.25, 0.3) is 0 Å². The van der Waals surface area contributed by atoms with Crippen molar-refractivity contribution in [2.45, 2.75) is 6.92 Å². The minimum atomic E-state index is -0.355. The number of nitrogens with two attached hydrogens (primary N) is 1. The van der Waals surface area contributed by atoms with Gasteiger partial charge in [0.2, 0.25) is 5.91 Å². The maximum atomic E-state index is 10.8. The van der Waals surface area contributed by atoms with Crippen molar-refractivity contribution in [2.24, 2.45) is 5.73 Å². The van der Waals surface area contributed by atoms with E-state index >= 15 is 0 Å². The Kier molecular flexibility index (Phi) is 1.99. The standard InChI is InChI=1S/C8H10BNO/c1-5-2-3-6(9)4-7(5)8(10)11/h2-4H,9H2,1H3,(H2,10,11). The third-order valence-electron chi connectivity index (χ3n) is 1.66. The van der Waals surface area contributed by atoms with Crippen LogP contribution < -0.4 is 11.2 Å². The third kappa shape index (κ3) is 1.61. The van der Waals surface area contributed by atoms with Gasteiger partial charge >= 0.3 is 0 Å². The van der Waals surface area contributed by atoms with Crippen LogP contribution in [0.2, 0.25) is 0 Å². The number of primary amides is 1. The molecule has 0 aliphatic rings. The van der Waals surface area contributed by atoms with Gasteiger partial charge in [-0.2, -0.15) is 0 Å². The second kappa shape index (κ2) is 2.78. The predicted molar refractivity (Wildman–Crippen MR) is 47.9 cm³/mol. The van der Waals surface area contributed by atoms with E-state index in [-0.39, 0.29) is 5.91 Å². The fourth-order valence-corrected chi connectivity index (χ4v) is 1.00. The molecule has 0 fully saturated rings. The summed E-state index contributed by atoms with van der Waals surface area (Å²) in [7, 11) is 1.94. The van der Waals surface area contributed by atoms with Crippen LogP contribution in [0.5, 0.6) is 0 Å². The first-order valence-corrected chi connectivity index (χ1v) is 3.48. The van der Waals surface area contributed by atoms with E-state index in [1.807, 2.05) is 26.9 Å². The van der Waals surface area contributed by atoms with Crippen molar-refractivity contribution >= 4 is 19.2 Å². The van der Waals surface area contributed by atoms with Crippen molar-refractivity contribution in [3.05, 3.63) is 29.3 Å². The van der Waals surface area contributed by atoms with E-state index < -0.39 is 0 Å². The van der Waals surface area contributed by atoms with Crippen molar-refractivity contribution in [3.63, 3.8) is 0 Å². The average molecular weight is 147 g/mol. The number of carbonyl (C=O) groups is 1. The van der Waals surface area contributed by atoms with E-state index in [0.29, 0.717) is 5.56 Å². The summed E-state index contributed by atoms with van der Waals surface area (Å²) in [6, 6.07) is 5.66. The van der Waals surface area contributed by atoms with Crippen molar-refractivity contribution < 1.29 is 4.79 Å². The van der Waals surface area contributed by atoms with Gasteiger partial charge in [-0.25, -0.2) is 0 Å². The van der Waals surface area contributed by atoms with E-state index in [1.54, 1.807) is 6.07 Å². The highest BCUT2D eigenvalue weighted by Gasteiger charge is 2.02. The molecule has 0 aliphatic heterocycles. The van der Waals surface area contributed by atoms with Gasteiger partial charge in [0.1, 0.15) is 7.85 Å². The Bertz CT molecular complexity index is 296. The fraction of sp³-hybridized carbons (Fsp3) is 0.125.